The van der Waals surface area contributed by atoms with Crippen LogP contribution in [0.2, 0.25) is 0 Å². The van der Waals surface area contributed by atoms with Crippen LogP contribution < -0.4 is 15.2 Å². The van der Waals surface area contributed by atoms with Gasteiger partial charge in [0, 0.05) is 5.92 Å². The number of thiocarbonyl (C=S) groups is 1. The van der Waals surface area contributed by atoms with Gasteiger partial charge in [-0.15, -0.1) is 0 Å². The first-order chi connectivity index (χ1) is 9.58. The first kappa shape index (κ1) is 16.8. The largest absolute Gasteiger partial charge is 0.490 e. The molecule has 1 atom stereocenters. The fourth-order valence-corrected chi connectivity index (χ4v) is 1.87. The maximum Gasteiger partial charge on any atom is 0.161 e. The summed E-state index contributed by atoms with van der Waals surface area (Å²) in [4.78, 5) is 0.548. The van der Waals surface area contributed by atoms with E-state index in [1.807, 2.05) is 19.1 Å². The van der Waals surface area contributed by atoms with Gasteiger partial charge in [0.05, 0.1) is 18.2 Å². The summed E-state index contributed by atoms with van der Waals surface area (Å²) in [5.41, 5.74) is 6.84. The van der Waals surface area contributed by atoms with Crippen LogP contribution in [0.5, 0.6) is 11.5 Å². The Morgan fingerprint density at radius 1 is 1.15 bits per heavy atom. The van der Waals surface area contributed by atoms with Gasteiger partial charge >= 0.3 is 0 Å². The molecule has 0 saturated carbocycles. The molecule has 1 aromatic carbocycles. The minimum absolute atomic E-state index is 0.187. The van der Waals surface area contributed by atoms with Crippen LogP contribution in [0.3, 0.4) is 0 Å². The van der Waals surface area contributed by atoms with Gasteiger partial charge in [-0.05, 0) is 37.0 Å². The van der Waals surface area contributed by atoms with E-state index in [1.165, 1.54) is 5.56 Å². The summed E-state index contributed by atoms with van der Waals surface area (Å²) < 4.78 is 11.5. The lowest BCUT2D eigenvalue weighted by Crippen LogP contribution is -2.20. The zero-order chi connectivity index (χ0) is 15.0. The van der Waals surface area contributed by atoms with E-state index in [4.69, 9.17) is 27.4 Å². The van der Waals surface area contributed by atoms with Gasteiger partial charge in [-0.1, -0.05) is 39.1 Å². The molecule has 0 aromatic heterocycles. The van der Waals surface area contributed by atoms with Gasteiger partial charge in [-0.2, -0.15) is 0 Å². The smallest absolute Gasteiger partial charge is 0.161 e. The Morgan fingerprint density at radius 3 is 2.30 bits per heavy atom. The summed E-state index contributed by atoms with van der Waals surface area (Å²) in [7, 11) is 0. The summed E-state index contributed by atoms with van der Waals surface area (Å²) in [5, 5.41) is 0. The van der Waals surface area contributed by atoms with Gasteiger partial charge in [0.1, 0.15) is 0 Å². The van der Waals surface area contributed by atoms with Crippen LogP contribution in [0.25, 0.3) is 0 Å². The van der Waals surface area contributed by atoms with Crippen LogP contribution in [0.1, 0.15) is 39.2 Å². The highest BCUT2D eigenvalue weighted by molar-refractivity contribution is 7.80. The molecule has 0 heterocycles. The third-order valence-electron chi connectivity index (χ3n) is 2.96. The fourth-order valence-electron chi connectivity index (χ4n) is 1.79. The molecule has 112 valence electrons. The molecule has 0 saturated heterocycles. The van der Waals surface area contributed by atoms with Crippen molar-refractivity contribution < 1.29 is 9.47 Å². The number of rotatable bonds is 9. The maximum absolute atomic E-state index is 5.78. The van der Waals surface area contributed by atoms with Crippen molar-refractivity contribution in [3.05, 3.63) is 23.8 Å². The monoisotopic (exact) mass is 295 g/mol. The van der Waals surface area contributed by atoms with Crippen molar-refractivity contribution in [1.82, 2.24) is 0 Å². The van der Waals surface area contributed by atoms with Crippen molar-refractivity contribution in [2.24, 2.45) is 11.7 Å². The summed E-state index contributed by atoms with van der Waals surface area (Å²) >= 11 is 5.03. The summed E-state index contributed by atoms with van der Waals surface area (Å²) in [5.74, 6) is 1.81. The molecule has 2 N–H and O–H groups in total. The van der Waals surface area contributed by atoms with Crippen LogP contribution in [0.4, 0.5) is 0 Å². The average Bonchev–Trinajstić information content (AvgIpc) is 2.43. The molecule has 0 amide bonds. The molecule has 4 heteroatoms. The molecule has 0 radical (unpaired) electrons. The Morgan fingerprint density at radius 2 is 1.75 bits per heavy atom. The van der Waals surface area contributed by atoms with Crippen molar-refractivity contribution >= 4 is 17.2 Å². The Hall–Kier alpha value is -1.29. The first-order valence-corrected chi connectivity index (χ1v) is 7.67. The molecule has 0 aliphatic rings. The Bertz CT molecular complexity index is 434. The van der Waals surface area contributed by atoms with Crippen LogP contribution in [0.15, 0.2) is 18.2 Å². The highest BCUT2D eigenvalue weighted by Crippen LogP contribution is 2.29. The predicted octanol–water partition coefficient (Wildman–Crippen LogP) is 3.73. The Kier molecular flexibility index (Phi) is 7.37. The van der Waals surface area contributed by atoms with Gasteiger partial charge < -0.3 is 15.2 Å². The molecule has 0 spiro atoms. The second-order valence-corrected chi connectivity index (χ2v) is 5.46. The van der Waals surface area contributed by atoms with Gasteiger partial charge in [-0.3, -0.25) is 0 Å². The lowest BCUT2D eigenvalue weighted by atomic mass is 10.0. The second kappa shape index (κ2) is 8.80. The Balaban J connectivity index is 2.85. The SMILES string of the molecule is CCCOc1ccc(CC(C)C(N)=S)cc1OCCC. The molecule has 1 aromatic rings. The normalized spacial score (nSPS) is 11.9. The third-order valence-corrected chi connectivity index (χ3v) is 3.36. The van der Waals surface area contributed by atoms with Crippen molar-refractivity contribution in [3.63, 3.8) is 0 Å². The topological polar surface area (TPSA) is 44.5 Å². The van der Waals surface area contributed by atoms with Crippen molar-refractivity contribution in [1.29, 1.82) is 0 Å². The molecule has 1 unspecified atom stereocenters. The van der Waals surface area contributed by atoms with E-state index in [0.717, 1.165) is 30.8 Å². The van der Waals surface area contributed by atoms with Crippen LogP contribution in [0, 0.1) is 5.92 Å². The number of hydrogen-bond donors (Lipinski definition) is 1. The quantitative estimate of drug-likeness (QED) is 0.705. The average molecular weight is 295 g/mol. The highest BCUT2D eigenvalue weighted by atomic mass is 32.1. The third kappa shape index (κ3) is 5.37. The highest BCUT2D eigenvalue weighted by Gasteiger charge is 2.10. The van der Waals surface area contributed by atoms with E-state index >= 15 is 0 Å². The van der Waals surface area contributed by atoms with E-state index in [2.05, 4.69) is 19.9 Å². The molecule has 0 bridgehead atoms. The van der Waals surface area contributed by atoms with E-state index in [0.29, 0.717) is 18.2 Å². The van der Waals surface area contributed by atoms with Gasteiger partial charge in [0.15, 0.2) is 11.5 Å². The minimum Gasteiger partial charge on any atom is -0.490 e. The van der Waals surface area contributed by atoms with Crippen molar-refractivity contribution in [2.75, 3.05) is 13.2 Å². The molecule has 1 rings (SSSR count). The summed E-state index contributed by atoms with van der Waals surface area (Å²) in [6, 6.07) is 6.07. The molecule has 0 aliphatic heterocycles. The molecular weight excluding hydrogens is 270 g/mol. The fraction of sp³-hybridized carbons (Fsp3) is 0.562. The minimum atomic E-state index is 0.187. The Labute approximate surface area is 127 Å². The lowest BCUT2D eigenvalue weighted by Gasteiger charge is -2.15. The lowest BCUT2D eigenvalue weighted by molar-refractivity contribution is 0.268. The number of hydrogen-bond acceptors (Lipinski definition) is 3. The number of benzene rings is 1. The van der Waals surface area contributed by atoms with E-state index in [1.54, 1.807) is 0 Å². The van der Waals surface area contributed by atoms with E-state index in [-0.39, 0.29) is 5.92 Å². The number of ether oxygens (including phenoxy) is 2. The standard InChI is InChI=1S/C16H25NO2S/c1-4-8-18-14-7-6-13(10-12(3)16(17)20)11-15(14)19-9-5-2/h6-7,11-12H,4-5,8-10H2,1-3H3,(H2,17,20). The van der Waals surface area contributed by atoms with Gasteiger partial charge in [0.25, 0.3) is 0 Å². The van der Waals surface area contributed by atoms with Crippen LogP contribution >= 0.6 is 12.2 Å². The van der Waals surface area contributed by atoms with Crippen molar-refractivity contribution in [3.8, 4) is 11.5 Å². The van der Waals surface area contributed by atoms with E-state index in [9.17, 15) is 0 Å². The summed E-state index contributed by atoms with van der Waals surface area (Å²) in [6.45, 7) is 7.61. The van der Waals surface area contributed by atoms with E-state index < -0.39 is 0 Å². The number of nitrogens with two attached hydrogens (primary N) is 1. The van der Waals surface area contributed by atoms with Crippen LogP contribution in [-0.2, 0) is 6.42 Å². The molecular formula is C16H25NO2S. The van der Waals surface area contributed by atoms with Crippen LogP contribution in [-0.4, -0.2) is 18.2 Å². The second-order valence-electron chi connectivity index (χ2n) is 4.99. The zero-order valence-corrected chi connectivity index (χ0v) is 13.5. The van der Waals surface area contributed by atoms with Crippen molar-refractivity contribution in [2.45, 2.75) is 40.0 Å². The molecule has 20 heavy (non-hydrogen) atoms. The zero-order valence-electron chi connectivity index (χ0n) is 12.6. The van der Waals surface area contributed by atoms with Gasteiger partial charge in [-0.25, -0.2) is 0 Å². The summed E-state index contributed by atoms with van der Waals surface area (Å²) in [6.07, 6.45) is 2.78. The molecule has 0 fully saturated rings. The predicted molar refractivity (Wildman–Crippen MR) is 87.7 cm³/mol. The van der Waals surface area contributed by atoms with Gasteiger partial charge in [0.2, 0.25) is 0 Å². The maximum atomic E-state index is 5.78. The molecule has 3 nitrogen and oxygen atoms in total. The molecule has 0 aliphatic carbocycles. The first-order valence-electron chi connectivity index (χ1n) is 7.26.